The highest BCUT2D eigenvalue weighted by atomic mass is 16.2. The number of hydrogen-bond donors (Lipinski definition) is 2. The molecule has 21 heavy (non-hydrogen) atoms. The Bertz CT molecular complexity index is 467. The van der Waals surface area contributed by atoms with Crippen molar-refractivity contribution in [1.29, 1.82) is 0 Å². The number of piperazine rings is 1. The summed E-state index contributed by atoms with van der Waals surface area (Å²) in [5.74, 6) is -1.67. The molecule has 0 aromatic rings. The van der Waals surface area contributed by atoms with Crippen molar-refractivity contribution in [2.24, 2.45) is 5.41 Å². The zero-order chi connectivity index (χ0) is 16.4. The molecule has 0 saturated carbocycles. The van der Waals surface area contributed by atoms with Gasteiger partial charge >= 0.3 is 0 Å². The van der Waals surface area contributed by atoms with Crippen LogP contribution >= 0.6 is 0 Å². The second-order valence-electron chi connectivity index (χ2n) is 6.25. The summed E-state index contributed by atoms with van der Waals surface area (Å²) in [6.45, 7) is 8.37. The maximum Gasteiger partial charge on any atom is 0.249 e. The second-order valence-corrected chi connectivity index (χ2v) is 6.25. The maximum atomic E-state index is 12.4. The average Bonchev–Trinajstić information content (AvgIpc) is 2.35. The molecule has 0 spiro atoms. The maximum absolute atomic E-state index is 12.4. The minimum Gasteiger partial charge on any atom is -0.344 e. The fraction of sp³-hybridized carbons (Fsp3) is 0.714. The van der Waals surface area contributed by atoms with Gasteiger partial charge in [-0.3, -0.25) is 24.5 Å². The summed E-state index contributed by atoms with van der Waals surface area (Å²) in [5.41, 5.74) is -0.617. The van der Waals surface area contributed by atoms with Gasteiger partial charge in [-0.15, -0.1) is 0 Å². The van der Waals surface area contributed by atoms with Crippen LogP contribution in [0.5, 0.6) is 0 Å². The van der Waals surface area contributed by atoms with Gasteiger partial charge in [0.1, 0.15) is 18.6 Å². The van der Waals surface area contributed by atoms with Crippen LogP contribution in [0.1, 0.15) is 41.0 Å². The van der Waals surface area contributed by atoms with Crippen LogP contribution in [0.3, 0.4) is 0 Å². The normalized spacial score (nSPS) is 20.8. The van der Waals surface area contributed by atoms with E-state index in [9.17, 15) is 19.2 Å². The summed E-state index contributed by atoms with van der Waals surface area (Å²) < 4.78 is 0. The van der Waals surface area contributed by atoms with E-state index in [1.807, 2.05) is 0 Å². The van der Waals surface area contributed by atoms with E-state index in [0.29, 0.717) is 6.42 Å². The Morgan fingerprint density at radius 1 is 1.38 bits per heavy atom. The van der Waals surface area contributed by atoms with Crippen molar-refractivity contribution in [3.63, 3.8) is 0 Å². The third kappa shape index (κ3) is 4.03. The molecule has 2 unspecified atom stereocenters. The molecule has 7 heteroatoms. The molecule has 1 fully saturated rings. The summed E-state index contributed by atoms with van der Waals surface area (Å²) in [4.78, 5) is 48.7. The molecule has 4 amide bonds. The predicted octanol–water partition coefficient (Wildman–Crippen LogP) is -0.199. The van der Waals surface area contributed by atoms with E-state index < -0.39 is 35.2 Å². The van der Waals surface area contributed by atoms with E-state index in [2.05, 4.69) is 10.6 Å². The Hall–Kier alpha value is -1.92. The van der Waals surface area contributed by atoms with Crippen molar-refractivity contribution < 1.29 is 19.2 Å². The van der Waals surface area contributed by atoms with Gasteiger partial charge in [0.05, 0.1) is 0 Å². The number of carbonyl (C=O) groups is 4. The van der Waals surface area contributed by atoms with E-state index >= 15 is 0 Å². The van der Waals surface area contributed by atoms with Gasteiger partial charge in [0.15, 0.2) is 0 Å². The molecule has 0 aromatic heterocycles. The lowest BCUT2D eigenvalue weighted by atomic mass is 9.95. The molecular formula is C14H23N3O4. The largest absolute Gasteiger partial charge is 0.344 e. The molecule has 1 aliphatic heterocycles. The number of nitrogens with one attached hydrogen (secondary N) is 2. The minimum absolute atomic E-state index is 0.168. The molecule has 2 atom stereocenters. The molecule has 1 rings (SSSR count). The first-order chi connectivity index (χ1) is 9.57. The Morgan fingerprint density at radius 2 is 1.95 bits per heavy atom. The van der Waals surface area contributed by atoms with Crippen molar-refractivity contribution >= 4 is 23.6 Å². The van der Waals surface area contributed by atoms with Gasteiger partial charge < -0.3 is 10.2 Å². The van der Waals surface area contributed by atoms with Crippen molar-refractivity contribution in [3.05, 3.63) is 0 Å². The number of imide groups is 1. The molecular weight excluding hydrogens is 274 g/mol. The minimum atomic E-state index is -0.788. The van der Waals surface area contributed by atoms with Gasteiger partial charge in [-0.05, 0) is 13.3 Å². The van der Waals surface area contributed by atoms with Crippen LogP contribution in [-0.2, 0) is 19.2 Å². The monoisotopic (exact) mass is 297 g/mol. The number of rotatable bonds is 3. The van der Waals surface area contributed by atoms with Gasteiger partial charge in [-0.2, -0.15) is 0 Å². The lowest BCUT2D eigenvalue weighted by molar-refractivity contribution is -0.151. The fourth-order valence-electron chi connectivity index (χ4n) is 2.03. The summed E-state index contributed by atoms with van der Waals surface area (Å²) in [6, 6.07) is -1.46. The van der Waals surface area contributed by atoms with Crippen molar-refractivity contribution in [2.45, 2.75) is 53.1 Å². The number of nitrogens with zero attached hydrogens (tertiary/aromatic N) is 1. The lowest BCUT2D eigenvalue weighted by Crippen LogP contribution is -2.62. The number of carbonyl (C=O) groups excluding carboxylic acids is 4. The first-order valence-electron chi connectivity index (χ1n) is 7.03. The average molecular weight is 297 g/mol. The standard InChI is InChI=1S/C14H23N3O4/c1-6-9-11(19)16-10(18)7-17(9)12(20)8(2)15-13(21)14(3,4)5/h8-9H,6-7H2,1-5H3,(H,15,21)(H,16,18,19). The third-order valence-electron chi connectivity index (χ3n) is 3.32. The van der Waals surface area contributed by atoms with Crippen LogP contribution in [0.2, 0.25) is 0 Å². The zero-order valence-corrected chi connectivity index (χ0v) is 13.1. The SMILES string of the molecule is CCC1C(=O)NC(=O)CN1C(=O)C(C)NC(=O)C(C)(C)C. The topological polar surface area (TPSA) is 95.6 Å². The van der Waals surface area contributed by atoms with E-state index in [1.54, 1.807) is 34.6 Å². The van der Waals surface area contributed by atoms with Crippen LogP contribution in [0, 0.1) is 5.41 Å². The molecule has 1 aliphatic rings. The quantitative estimate of drug-likeness (QED) is 0.705. The lowest BCUT2D eigenvalue weighted by Gasteiger charge is -2.35. The number of amides is 4. The highest BCUT2D eigenvalue weighted by Gasteiger charge is 2.38. The Morgan fingerprint density at radius 3 is 2.43 bits per heavy atom. The third-order valence-corrected chi connectivity index (χ3v) is 3.32. The predicted molar refractivity (Wildman–Crippen MR) is 76.0 cm³/mol. The molecule has 1 saturated heterocycles. The second kappa shape index (κ2) is 6.24. The summed E-state index contributed by atoms with van der Waals surface area (Å²) >= 11 is 0. The van der Waals surface area contributed by atoms with Crippen molar-refractivity contribution in [2.75, 3.05) is 6.54 Å². The van der Waals surface area contributed by atoms with Gasteiger partial charge in [0.2, 0.25) is 23.6 Å². The molecule has 118 valence electrons. The van der Waals surface area contributed by atoms with E-state index in [1.165, 1.54) is 4.90 Å². The fourth-order valence-corrected chi connectivity index (χ4v) is 2.03. The Kier molecular flexibility index (Phi) is 5.09. The van der Waals surface area contributed by atoms with Crippen LogP contribution in [-0.4, -0.2) is 47.2 Å². The van der Waals surface area contributed by atoms with Crippen LogP contribution in [0.4, 0.5) is 0 Å². The van der Waals surface area contributed by atoms with Gasteiger partial charge in [-0.1, -0.05) is 27.7 Å². The van der Waals surface area contributed by atoms with Crippen LogP contribution in [0.15, 0.2) is 0 Å². The van der Waals surface area contributed by atoms with E-state index in [0.717, 1.165) is 0 Å². The van der Waals surface area contributed by atoms with Crippen LogP contribution < -0.4 is 10.6 Å². The van der Waals surface area contributed by atoms with Crippen molar-refractivity contribution in [1.82, 2.24) is 15.5 Å². The molecule has 2 N–H and O–H groups in total. The zero-order valence-electron chi connectivity index (χ0n) is 13.1. The molecule has 1 heterocycles. The highest BCUT2D eigenvalue weighted by molar-refractivity contribution is 6.05. The first kappa shape index (κ1) is 17.1. The summed E-state index contributed by atoms with van der Waals surface area (Å²) in [6.07, 6.45) is 0.408. The Balaban J connectivity index is 2.82. The van der Waals surface area contributed by atoms with Gasteiger partial charge in [-0.25, -0.2) is 0 Å². The van der Waals surface area contributed by atoms with E-state index in [4.69, 9.17) is 0 Å². The smallest absolute Gasteiger partial charge is 0.249 e. The van der Waals surface area contributed by atoms with E-state index in [-0.39, 0.29) is 12.5 Å². The van der Waals surface area contributed by atoms with Crippen molar-refractivity contribution in [3.8, 4) is 0 Å². The summed E-state index contributed by atoms with van der Waals surface area (Å²) in [7, 11) is 0. The highest BCUT2D eigenvalue weighted by Crippen LogP contribution is 2.15. The molecule has 0 aliphatic carbocycles. The number of hydrogen-bond acceptors (Lipinski definition) is 4. The Labute approximate surface area is 124 Å². The van der Waals surface area contributed by atoms with Gasteiger partial charge in [0.25, 0.3) is 0 Å². The molecule has 0 radical (unpaired) electrons. The van der Waals surface area contributed by atoms with Crippen LogP contribution in [0.25, 0.3) is 0 Å². The summed E-state index contributed by atoms with van der Waals surface area (Å²) in [5, 5.41) is 4.83. The first-order valence-corrected chi connectivity index (χ1v) is 7.03. The molecule has 7 nitrogen and oxygen atoms in total. The van der Waals surface area contributed by atoms with Gasteiger partial charge in [0, 0.05) is 5.41 Å². The molecule has 0 bridgehead atoms. The molecule has 0 aromatic carbocycles.